The van der Waals surface area contributed by atoms with Crippen LogP contribution in [0.4, 0.5) is 20.6 Å². The fourth-order valence-corrected chi connectivity index (χ4v) is 3.04. The number of para-hydroxylation sites is 1. The predicted octanol–water partition coefficient (Wildman–Crippen LogP) is 2.57. The van der Waals surface area contributed by atoms with Gasteiger partial charge in [-0.3, -0.25) is 4.79 Å². The Kier molecular flexibility index (Phi) is 5.48. The summed E-state index contributed by atoms with van der Waals surface area (Å²) in [6.45, 7) is 1.42. The van der Waals surface area contributed by atoms with Crippen LogP contribution in [0.25, 0.3) is 0 Å². The lowest BCUT2D eigenvalue weighted by molar-refractivity contribution is -0.131. The van der Waals surface area contributed by atoms with Gasteiger partial charge in [-0.25, -0.2) is 9.18 Å². The molecule has 26 heavy (non-hydrogen) atoms. The lowest BCUT2D eigenvalue weighted by atomic mass is 9.97. The van der Waals surface area contributed by atoms with Crippen molar-refractivity contribution < 1.29 is 14.0 Å². The third kappa shape index (κ3) is 4.00. The molecule has 1 heterocycles. The quantitative estimate of drug-likeness (QED) is 0.788. The summed E-state index contributed by atoms with van der Waals surface area (Å²) in [5.41, 5.74) is 2.81. The number of anilines is 2. The first-order valence-corrected chi connectivity index (χ1v) is 8.44. The number of likely N-dealkylation sites (N-methyl/N-ethyl adjacent to an activating group) is 1. The van der Waals surface area contributed by atoms with Crippen molar-refractivity contribution in [1.29, 1.82) is 0 Å². The maximum Gasteiger partial charge on any atom is 0.323 e. The van der Waals surface area contributed by atoms with Crippen molar-refractivity contribution in [2.45, 2.75) is 13.0 Å². The van der Waals surface area contributed by atoms with E-state index in [4.69, 9.17) is 0 Å². The number of nitrogens with zero attached hydrogens (tertiary/aromatic N) is 1. The molecule has 6 nitrogen and oxygen atoms in total. The maximum atomic E-state index is 13.7. The van der Waals surface area contributed by atoms with Gasteiger partial charge in [0.15, 0.2) is 0 Å². The van der Waals surface area contributed by atoms with Crippen LogP contribution in [0, 0.1) is 5.82 Å². The van der Waals surface area contributed by atoms with Gasteiger partial charge in [0.05, 0.1) is 12.2 Å². The van der Waals surface area contributed by atoms with E-state index in [1.54, 1.807) is 24.1 Å². The third-order valence-electron chi connectivity index (χ3n) is 4.32. The van der Waals surface area contributed by atoms with E-state index in [1.807, 2.05) is 18.2 Å². The Hall–Kier alpha value is -2.93. The third-order valence-corrected chi connectivity index (χ3v) is 4.32. The van der Waals surface area contributed by atoms with E-state index in [0.29, 0.717) is 31.7 Å². The number of carbonyl (C=O) groups excluding carboxylic acids is 2. The molecule has 0 bridgehead atoms. The molecule has 7 heteroatoms. The van der Waals surface area contributed by atoms with E-state index in [-0.39, 0.29) is 11.6 Å². The minimum Gasteiger partial charge on any atom is -0.337 e. The number of rotatable bonds is 4. The first kappa shape index (κ1) is 17.9. The number of hydrogen-bond donors (Lipinski definition) is 3. The van der Waals surface area contributed by atoms with Gasteiger partial charge in [0.25, 0.3) is 0 Å². The summed E-state index contributed by atoms with van der Waals surface area (Å²) in [7, 11) is 1.74. The highest BCUT2D eigenvalue weighted by molar-refractivity contribution is 6.00. The normalized spacial score (nSPS) is 13.1. The van der Waals surface area contributed by atoms with Crippen LogP contribution < -0.4 is 16.0 Å². The van der Waals surface area contributed by atoms with E-state index in [9.17, 15) is 14.0 Å². The molecule has 0 saturated heterocycles. The Balaban J connectivity index is 1.71. The van der Waals surface area contributed by atoms with Crippen LogP contribution in [0.5, 0.6) is 0 Å². The molecule has 3 rings (SSSR count). The molecule has 0 atom stereocenters. The summed E-state index contributed by atoms with van der Waals surface area (Å²) >= 11 is 0. The maximum absolute atomic E-state index is 13.7. The molecule has 2 aromatic carbocycles. The Morgan fingerprint density at radius 1 is 1.08 bits per heavy atom. The van der Waals surface area contributed by atoms with Crippen LogP contribution in [0.1, 0.15) is 11.1 Å². The van der Waals surface area contributed by atoms with Gasteiger partial charge in [-0.15, -0.1) is 0 Å². The van der Waals surface area contributed by atoms with E-state index < -0.39 is 11.8 Å². The Labute approximate surface area is 151 Å². The van der Waals surface area contributed by atoms with Crippen molar-refractivity contribution in [3.8, 4) is 0 Å². The van der Waals surface area contributed by atoms with Crippen LogP contribution >= 0.6 is 0 Å². The van der Waals surface area contributed by atoms with Gasteiger partial charge in [0.1, 0.15) is 5.82 Å². The van der Waals surface area contributed by atoms with E-state index in [1.165, 1.54) is 12.1 Å². The van der Waals surface area contributed by atoms with E-state index in [0.717, 1.165) is 11.1 Å². The molecule has 0 spiro atoms. The molecule has 2 aromatic rings. The average molecular weight is 356 g/mol. The molecule has 136 valence electrons. The minimum atomic E-state index is -0.503. The number of halogens is 1. The number of amides is 3. The molecular formula is C19H21FN4O2. The molecule has 0 aromatic heterocycles. The molecule has 3 amide bonds. The average Bonchev–Trinajstić information content (AvgIpc) is 2.63. The van der Waals surface area contributed by atoms with Crippen LogP contribution in [-0.4, -0.2) is 37.0 Å². The second kappa shape index (κ2) is 7.97. The highest BCUT2D eigenvalue weighted by atomic mass is 19.1. The van der Waals surface area contributed by atoms with Crippen molar-refractivity contribution in [1.82, 2.24) is 10.2 Å². The summed E-state index contributed by atoms with van der Waals surface area (Å²) < 4.78 is 13.7. The van der Waals surface area contributed by atoms with Crippen molar-refractivity contribution in [2.75, 3.05) is 30.8 Å². The molecule has 3 N–H and O–H groups in total. The Bertz CT molecular complexity index is 825. The molecule has 1 aliphatic rings. The molecule has 1 aliphatic heterocycles. The smallest absolute Gasteiger partial charge is 0.323 e. The highest BCUT2D eigenvalue weighted by Gasteiger charge is 2.22. The second-order valence-corrected chi connectivity index (χ2v) is 6.10. The number of benzene rings is 2. The van der Waals surface area contributed by atoms with Gasteiger partial charge in [0, 0.05) is 18.8 Å². The van der Waals surface area contributed by atoms with Gasteiger partial charge < -0.3 is 20.9 Å². The standard InChI is InChI=1S/C19H21FN4O2/c1-21-11-18(25)24-10-9-14-13(12-24)5-4-8-16(14)22-19(26)23-17-7-3-2-6-15(17)20/h2-8,21H,9-12H2,1H3,(H2,22,23,26). The number of fused-ring (bicyclic) bond motifs is 1. The van der Waals surface area contributed by atoms with Gasteiger partial charge in [0.2, 0.25) is 5.91 Å². The molecule has 0 fully saturated rings. The van der Waals surface area contributed by atoms with Crippen molar-refractivity contribution in [3.63, 3.8) is 0 Å². The van der Waals surface area contributed by atoms with Crippen LogP contribution in [0.2, 0.25) is 0 Å². The van der Waals surface area contributed by atoms with Crippen molar-refractivity contribution >= 4 is 23.3 Å². The number of urea groups is 1. The first-order chi connectivity index (χ1) is 12.6. The Morgan fingerprint density at radius 3 is 2.58 bits per heavy atom. The zero-order chi connectivity index (χ0) is 18.5. The molecule has 0 aliphatic carbocycles. The van der Waals surface area contributed by atoms with E-state index in [2.05, 4.69) is 16.0 Å². The zero-order valence-electron chi connectivity index (χ0n) is 14.5. The summed E-state index contributed by atoms with van der Waals surface area (Å²) in [4.78, 5) is 26.1. The van der Waals surface area contributed by atoms with Crippen LogP contribution in [0.15, 0.2) is 42.5 Å². The van der Waals surface area contributed by atoms with Crippen molar-refractivity contribution in [2.24, 2.45) is 0 Å². The van der Waals surface area contributed by atoms with Crippen molar-refractivity contribution in [3.05, 3.63) is 59.4 Å². The topological polar surface area (TPSA) is 73.5 Å². The summed E-state index contributed by atoms with van der Waals surface area (Å²) in [6.07, 6.45) is 0.654. The van der Waals surface area contributed by atoms with Gasteiger partial charge in [-0.2, -0.15) is 0 Å². The number of carbonyl (C=O) groups is 2. The molecular weight excluding hydrogens is 335 g/mol. The van der Waals surface area contributed by atoms with Crippen LogP contribution in [-0.2, 0) is 17.8 Å². The summed E-state index contributed by atoms with van der Waals surface area (Å²) in [6, 6.07) is 11.1. The highest BCUT2D eigenvalue weighted by Crippen LogP contribution is 2.26. The first-order valence-electron chi connectivity index (χ1n) is 8.44. The summed E-state index contributed by atoms with van der Waals surface area (Å²) in [5, 5.41) is 8.16. The monoisotopic (exact) mass is 356 g/mol. The lowest BCUT2D eigenvalue weighted by Gasteiger charge is -2.30. The predicted molar refractivity (Wildman–Crippen MR) is 98.5 cm³/mol. The van der Waals surface area contributed by atoms with Crippen LogP contribution in [0.3, 0.4) is 0 Å². The fraction of sp³-hybridized carbons (Fsp3) is 0.263. The molecule has 0 saturated carbocycles. The molecule has 0 unspecified atom stereocenters. The lowest BCUT2D eigenvalue weighted by Crippen LogP contribution is -2.40. The van der Waals surface area contributed by atoms with Gasteiger partial charge in [-0.05, 0) is 42.8 Å². The SMILES string of the molecule is CNCC(=O)N1CCc2c(cccc2NC(=O)Nc2ccccc2F)C1. The minimum absolute atomic E-state index is 0.0498. The number of nitrogens with one attached hydrogen (secondary N) is 3. The molecule has 0 radical (unpaired) electrons. The zero-order valence-corrected chi connectivity index (χ0v) is 14.5. The number of hydrogen-bond acceptors (Lipinski definition) is 3. The second-order valence-electron chi connectivity index (χ2n) is 6.10. The van der Waals surface area contributed by atoms with Gasteiger partial charge in [-0.1, -0.05) is 24.3 Å². The Morgan fingerprint density at radius 2 is 1.81 bits per heavy atom. The van der Waals surface area contributed by atoms with Gasteiger partial charge >= 0.3 is 6.03 Å². The van der Waals surface area contributed by atoms with E-state index >= 15 is 0 Å². The fourth-order valence-electron chi connectivity index (χ4n) is 3.04. The largest absolute Gasteiger partial charge is 0.337 e. The summed E-state index contributed by atoms with van der Waals surface area (Å²) in [5.74, 6) is -0.440.